The van der Waals surface area contributed by atoms with Crippen LogP contribution in [0.2, 0.25) is 0 Å². The third-order valence-corrected chi connectivity index (χ3v) is 7.18. The molecular weight excluding hydrogens is 334 g/mol. The molecule has 2 heterocycles. The highest BCUT2D eigenvalue weighted by Crippen LogP contribution is 2.32. The first kappa shape index (κ1) is 22.7. The predicted octanol–water partition coefficient (Wildman–Crippen LogP) is 4.10. The highest BCUT2D eigenvalue weighted by Gasteiger charge is 2.30. The molecule has 4 heteroatoms. The second-order valence-electron chi connectivity index (χ2n) is 9.10. The summed E-state index contributed by atoms with van der Waals surface area (Å²) in [6, 6.07) is 0.860. The summed E-state index contributed by atoms with van der Waals surface area (Å²) < 4.78 is 0. The SMILES string of the molecule is CC.CC(=O)N1CCN(CC2CCC(N3CCC(C(C)C)CC3)CC2)CC1. The van der Waals surface area contributed by atoms with E-state index < -0.39 is 0 Å². The molecular formula is C23H45N3O. The van der Waals surface area contributed by atoms with E-state index >= 15 is 0 Å². The number of piperazine rings is 1. The monoisotopic (exact) mass is 379 g/mol. The zero-order chi connectivity index (χ0) is 19.8. The fourth-order valence-corrected chi connectivity index (χ4v) is 5.25. The lowest BCUT2D eigenvalue weighted by atomic mass is 9.82. The quantitative estimate of drug-likeness (QED) is 0.736. The first-order chi connectivity index (χ1) is 13.0. The average Bonchev–Trinajstić information content (AvgIpc) is 2.70. The summed E-state index contributed by atoms with van der Waals surface area (Å²) in [7, 11) is 0. The van der Waals surface area contributed by atoms with E-state index in [1.165, 1.54) is 58.2 Å². The van der Waals surface area contributed by atoms with Crippen LogP contribution in [0.5, 0.6) is 0 Å². The van der Waals surface area contributed by atoms with Gasteiger partial charge in [0, 0.05) is 45.7 Å². The van der Waals surface area contributed by atoms with Crippen LogP contribution in [-0.4, -0.2) is 72.5 Å². The van der Waals surface area contributed by atoms with Gasteiger partial charge in [0.2, 0.25) is 5.91 Å². The number of hydrogen-bond donors (Lipinski definition) is 0. The van der Waals surface area contributed by atoms with Crippen LogP contribution in [0.1, 0.15) is 73.1 Å². The zero-order valence-corrected chi connectivity index (χ0v) is 18.8. The number of carbonyl (C=O) groups excluding carboxylic acids is 1. The third-order valence-electron chi connectivity index (χ3n) is 7.18. The van der Waals surface area contributed by atoms with Gasteiger partial charge in [-0.3, -0.25) is 9.69 Å². The van der Waals surface area contributed by atoms with Gasteiger partial charge in [0.1, 0.15) is 0 Å². The summed E-state index contributed by atoms with van der Waals surface area (Å²) in [6.07, 6.45) is 8.45. The molecule has 0 aromatic carbocycles. The summed E-state index contributed by atoms with van der Waals surface area (Å²) >= 11 is 0. The Hall–Kier alpha value is -0.610. The molecule has 0 aromatic rings. The van der Waals surface area contributed by atoms with E-state index in [9.17, 15) is 4.79 Å². The number of hydrogen-bond acceptors (Lipinski definition) is 3. The molecule has 0 unspecified atom stereocenters. The molecule has 0 bridgehead atoms. The molecule has 3 fully saturated rings. The Kier molecular flexibility index (Phi) is 9.58. The summed E-state index contributed by atoms with van der Waals surface area (Å²) in [5, 5.41) is 0. The van der Waals surface area contributed by atoms with E-state index in [1.54, 1.807) is 6.92 Å². The molecule has 0 N–H and O–H groups in total. The number of piperidine rings is 1. The molecule has 0 spiro atoms. The van der Waals surface area contributed by atoms with Crippen molar-refractivity contribution >= 4 is 5.91 Å². The van der Waals surface area contributed by atoms with Crippen molar-refractivity contribution in [2.75, 3.05) is 45.8 Å². The maximum atomic E-state index is 11.4. The van der Waals surface area contributed by atoms with Crippen molar-refractivity contribution in [2.45, 2.75) is 79.2 Å². The van der Waals surface area contributed by atoms with Gasteiger partial charge >= 0.3 is 0 Å². The molecule has 0 aromatic heterocycles. The Morgan fingerprint density at radius 3 is 1.89 bits per heavy atom. The van der Waals surface area contributed by atoms with Crippen LogP contribution in [0.4, 0.5) is 0 Å². The largest absolute Gasteiger partial charge is 0.340 e. The molecule has 158 valence electrons. The Labute approximate surface area is 168 Å². The van der Waals surface area contributed by atoms with Crippen LogP contribution in [-0.2, 0) is 4.79 Å². The molecule has 3 rings (SSSR count). The summed E-state index contributed by atoms with van der Waals surface area (Å²) in [6.45, 7) is 18.4. The van der Waals surface area contributed by atoms with Crippen LogP contribution >= 0.6 is 0 Å². The molecule has 2 aliphatic heterocycles. The van der Waals surface area contributed by atoms with E-state index in [1.807, 2.05) is 18.7 Å². The maximum Gasteiger partial charge on any atom is 0.219 e. The van der Waals surface area contributed by atoms with E-state index in [2.05, 4.69) is 23.6 Å². The summed E-state index contributed by atoms with van der Waals surface area (Å²) in [5.74, 6) is 2.94. The number of rotatable bonds is 4. The van der Waals surface area contributed by atoms with Crippen LogP contribution in [0.15, 0.2) is 0 Å². The molecule has 1 saturated carbocycles. The van der Waals surface area contributed by atoms with E-state index in [-0.39, 0.29) is 5.91 Å². The van der Waals surface area contributed by atoms with Gasteiger partial charge in [0.05, 0.1) is 0 Å². The molecule has 27 heavy (non-hydrogen) atoms. The van der Waals surface area contributed by atoms with Gasteiger partial charge in [0.25, 0.3) is 0 Å². The lowest BCUT2D eigenvalue weighted by Crippen LogP contribution is -2.50. The lowest BCUT2D eigenvalue weighted by Gasteiger charge is -2.43. The predicted molar refractivity (Wildman–Crippen MR) is 115 cm³/mol. The fraction of sp³-hybridized carbons (Fsp3) is 0.957. The van der Waals surface area contributed by atoms with Crippen LogP contribution in [0.25, 0.3) is 0 Å². The Morgan fingerprint density at radius 1 is 0.852 bits per heavy atom. The smallest absolute Gasteiger partial charge is 0.219 e. The first-order valence-electron chi connectivity index (χ1n) is 11.7. The minimum absolute atomic E-state index is 0.237. The van der Waals surface area contributed by atoms with Gasteiger partial charge in [-0.15, -0.1) is 0 Å². The molecule has 3 aliphatic rings. The minimum atomic E-state index is 0.237. The van der Waals surface area contributed by atoms with Gasteiger partial charge in [-0.2, -0.15) is 0 Å². The minimum Gasteiger partial charge on any atom is -0.340 e. The highest BCUT2D eigenvalue weighted by atomic mass is 16.2. The van der Waals surface area contributed by atoms with Crippen molar-refractivity contribution in [2.24, 2.45) is 17.8 Å². The van der Waals surface area contributed by atoms with E-state index in [4.69, 9.17) is 0 Å². The molecule has 0 radical (unpaired) electrons. The van der Waals surface area contributed by atoms with Gasteiger partial charge in [-0.25, -0.2) is 0 Å². The molecule has 4 nitrogen and oxygen atoms in total. The van der Waals surface area contributed by atoms with Crippen molar-refractivity contribution in [1.82, 2.24) is 14.7 Å². The highest BCUT2D eigenvalue weighted by molar-refractivity contribution is 5.73. The molecule has 1 amide bonds. The molecule has 1 aliphatic carbocycles. The molecule has 2 saturated heterocycles. The summed E-state index contributed by atoms with van der Waals surface area (Å²) in [5.41, 5.74) is 0. The van der Waals surface area contributed by atoms with Crippen molar-refractivity contribution < 1.29 is 4.79 Å². The number of amides is 1. The van der Waals surface area contributed by atoms with Crippen LogP contribution in [0.3, 0.4) is 0 Å². The van der Waals surface area contributed by atoms with Crippen molar-refractivity contribution in [3.05, 3.63) is 0 Å². The maximum absolute atomic E-state index is 11.4. The van der Waals surface area contributed by atoms with Crippen molar-refractivity contribution in [1.29, 1.82) is 0 Å². The normalized spacial score (nSPS) is 28.7. The van der Waals surface area contributed by atoms with E-state index in [0.717, 1.165) is 50.0 Å². The zero-order valence-electron chi connectivity index (χ0n) is 18.8. The second-order valence-corrected chi connectivity index (χ2v) is 9.10. The van der Waals surface area contributed by atoms with Crippen LogP contribution in [0, 0.1) is 17.8 Å². The average molecular weight is 380 g/mol. The Balaban J connectivity index is 0.00000126. The number of likely N-dealkylation sites (tertiary alicyclic amines) is 1. The Bertz CT molecular complexity index is 415. The van der Waals surface area contributed by atoms with Gasteiger partial charge in [-0.05, 0) is 69.4 Å². The van der Waals surface area contributed by atoms with Gasteiger partial charge in [-0.1, -0.05) is 27.7 Å². The second kappa shape index (κ2) is 11.4. The van der Waals surface area contributed by atoms with Crippen LogP contribution < -0.4 is 0 Å². The van der Waals surface area contributed by atoms with Crippen molar-refractivity contribution in [3.8, 4) is 0 Å². The van der Waals surface area contributed by atoms with Gasteiger partial charge < -0.3 is 9.80 Å². The Morgan fingerprint density at radius 2 is 1.41 bits per heavy atom. The summed E-state index contributed by atoms with van der Waals surface area (Å²) in [4.78, 5) is 18.8. The number of carbonyl (C=O) groups is 1. The number of nitrogens with zero attached hydrogens (tertiary/aromatic N) is 3. The molecule has 0 atom stereocenters. The van der Waals surface area contributed by atoms with E-state index in [0.29, 0.717) is 0 Å². The standard InChI is InChI=1S/C21H39N3O.C2H6/c1-17(2)20-8-10-24(11-9-20)21-6-4-19(5-7-21)16-22-12-14-23(15-13-22)18(3)25;1-2/h17,19-21H,4-16H2,1-3H3;1-2H3. The first-order valence-corrected chi connectivity index (χ1v) is 11.7. The van der Waals surface area contributed by atoms with Crippen molar-refractivity contribution in [3.63, 3.8) is 0 Å². The third kappa shape index (κ3) is 6.74. The fourth-order valence-electron chi connectivity index (χ4n) is 5.25. The topological polar surface area (TPSA) is 26.8 Å². The van der Waals surface area contributed by atoms with Gasteiger partial charge in [0.15, 0.2) is 0 Å². The lowest BCUT2D eigenvalue weighted by molar-refractivity contribution is -0.130.